The lowest BCUT2D eigenvalue weighted by Crippen LogP contribution is -2.41. The summed E-state index contributed by atoms with van der Waals surface area (Å²) in [6, 6.07) is 15.5. The Morgan fingerprint density at radius 2 is 1.64 bits per heavy atom. The van der Waals surface area contributed by atoms with Crippen molar-refractivity contribution in [2.24, 2.45) is 0 Å². The monoisotopic (exact) mass is 332 g/mol. The molecule has 0 spiro atoms. The molecule has 4 nitrogen and oxygen atoms in total. The maximum Gasteiger partial charge on any atom is 0.258 e. The number of hydrogen-bond donors (Lipinski definition) is 2. The van der Waals surface area contributed by atoms with Gasteiger partial charge in [-0.1, -0.05) is 54.1 Å². The van der Waals surface area contributed by atoms with Crippen LogP contribution in [0.5, 0.6) is 0 Å². The quantitative estimate of drug-likeness (QED) is 0.667. The zero-order valence-corrected chi connectivity index (χ0v) is 13.1. The Labute approximate surface area is 138 Å². The Morgan fingerprint density at radius 3 is 2.32 bits per heavy atom. The van der Waals surface area contributed by atoms with Gasteiger partial charge < -0.3 is 5.32 Å². The normalized spacial score (nSPS) is 9.86. The Balaban J connectivity index is 1.87. The first-order valence-corrected chi connectivity index (χ1v) is 7.28. The molecule has 6 heteroatoms. The number of Topliss-reactive ketones (excluding diaryl/α,β-unsaturated/α-hetero) is 1. The summed E-state index contributed by atoms with van der Waals surface area (Å²) in [5.74, 6) is -0.537. The van der Waals surface area contributed by atoms with Gasteiger partial charge in [-0.05, 0) is 24.4 Å². The predicted octanol–water partition coefficient (Wildman–Crippen LogP) is 2.83. The smallest absolute Gasteiger partial charge is 0.258 e. The van der Waals surface area contributed by atoms with E-state index in [0.29, 0.717) is 16.1 Å². The van der Waals surface area contributed by atoms with Crippen LogP contribution in [0.1, 0.15) is 20.7 Å². The summed E-state index contributed by atoms with van der Waals surface area (Å²) in [5, 5.41) is 5.61. The van der Waals surface area contributed by atoms with Crippen LogP contribution in [0, 0.1) is 0 Å². The van der Waals surface area contributed by atoms with Crippen molar-refractivity contribution in [2.45, 2.75) is 0 Å². The first kappa shape index (κ1) is 16.1. The van der Waals surface area contributed by atoms with Crippen LogP contribution in [0.25, 0.3) is 0 Å². The molecule has 0 fully saturated rings. The number of rotatable bonds is 4. The highest BCUT2D eigenvalue weighted by Crippen LogP contribution is 2.14. The fourth-order valence-electron chi connectivity index (χ4n) is 1.75. The van der Waals surface area contributed by atoms with E-state index in [2.05, 4.69) is 10.6 Å². The van der Waals surface area contributed by atoms with Crippen LogP contribution in [-0.2, 0) is 0 Å². The average molecular weight is 333 g/mol. The van der Waals surface area contributed by atoms with E-state index in [9.17, 15) is 9.59 Å². The third-order valence-electron chi connectivity index (χ3n) is 2.85. The summed E-state index contributed by atoms with van der Waals surface area (Å²) < 4.78 is 0. The highest BCUT2D eigenvalue weighted by atomic mass is 35.5. The van der Waals surface area contributed by atoms with E-state index in [-0.39, 0.29) is 17.4 Å². The number of halogens is 1. The Kier molecular flexibility index (Phi) is 5.63. The number of benzene rings is 2. The molecule has 2 rings (SSSR count). The lowest BCUT2D eigenvalue weighted by Gasteiger charge is -2.09. The van der Waals surface area contributed by atoms with E-state index < -0.39 is 5.91 Å². The number of carbonyl (C=O) groups excluding carboxylic acids is 2. The van der Waals surface area contributed by atoms with E-state index in [4.69, 9.17) is 23.8 Å². The van der Waals surface area contributed by atoms with Crippen LogP contribution in [-0.4, -0.2) is 23.3 Å². The molecule has 0 saturated heterocycles. The molecule has 0 aliphatic carbocycles. The molecule has 0 saturated carbocycles. The highest BCUT2D eigenvalue weighted by molar-refractivity contribution is 7.80. The molecule has 0 aliphatic heterocycles. The Hall–Kier alpha value is -2.24. The predicted molar refractivity (Wildman–Crippen MR) is 90.3 cm³/mol. The third kappa shape index (κ3) is 4.38. The lowest BCUT2D eigenvalue weighted by atomic mass is 10.1. The van der Waals surface area contributed by atoms with Gasteiger partial charge in [0.25, 0.3) is 5.91 Å². The first-order chi connectivity index (χ1) is 10.6. The van der Waals surface area contributed by atoms with Gasteiger partial charge >= 0.3 is 0 Å². The number of ketones is 1. The van der Waals surface area contributed by atoms with Gasteiger partial charge in [-0.2, -0.15) is 0 Å². The molecule has 2 N–H and O–H groups in total. The summed E-state index contributed by atoms with van der Waals surface area (Å²) in [4.78, 5) is 23.9. The molecule has 22 heavy (non-hydrogen) atoms. The number of carbonyl (C=O) groups is 2. The minimum atomic E-state index is -0.421. The maximum absolute atomic E-state index is 12.0. The van der Waals surface area contributed by atoms with E-state index >= 15 is 0 Å². The second-order valence-electron chi connectivity index (χ2n) is 4.41. The molecule has 2 aromatic rings. The van der Waals surface area contributed by atoms with E-state index in [0.717, 1.165) is 0 Å². The molecule has 0 atom stereocenters. The van der Waals surface area contributed by atoms with Gasteiger partial charge in [0.15, 0.2) is 10.9 Å². The number of hydrogen-bond acceptors (Lipinski definition) is 3. The molecule has 0 heterocycles. The largest absolute Gasteiger partial charge is 0.355 e. The van der Waals surface area contributed by atoms with E-state index in [1.54, 1.807) is 48.5 Å². The summed E-state index contributed by atoms with van der Waals surface area (Å²) >= 11 is 10.9. The number of thiocarbonyl (C=S) groups is 1. The lowest BCUT2D eigenvalue weighted by molar-refractivity contribution is 0.0967. The van der Waals surface area contributed by atoms with Crippen LogP contribution >= 0.6 is 23.8 Å². The van der Waals surface area contributed by atoms with Crippen LogP contribution in [0.2, 0.25) is 5.02 Å². The van der Waals surface area contributed by atoms with Gasteiger partial charge in [0, 0.05) is 5.56 Å². The second-order valence-corrected chi connectivity index (χ2v) is 5.22. The van der Waals surface area contributed by atoms with Gasteiger partial charge in [-0.3, -0.25) is 14.9 Å². The van der Waals surface area contributed by atoms with Crippen molar-refractivity contribution in [1.29, 1.82) is 0 Å². The van der Waals surface area contributed by atoms with Crippen LogP contribution in [0.4, 0.5) is 0 Å². The molecule has 112 valence electrons. The van der Waals surface area contributed by atoms with E-state index in [1.807, 2.05) is 6.07 Å². The van der Waals surface area contributed by atoms with Crippen LogP contribution < -0.4 is 10.6 Å². The molecule has 1 amide bonds. The fourth-order valence-corrected chi connectivity index (χ4v) is 2.13. The van der Waals surface area contributed by atoms with Crippen molar-refractivity contribution in [3.63, 3.8) is 0 Å². The summed E-state index contributed by atoms with van der Waals surface area (Å²) in [7, 11) is 0. The van der Waals surface area contributed by atoms with Gasteiger partial charge in [-0.25, -0.2) is 0 Å². The van der Waals surface area contributed by atoms with Crippen molar-refractivity contribution < 1.29 is 9.59 Å². The Bertz CT molecular complexity index is 704. The minimum Gasteiger partial charge on any atom is -0.355 e. The van der Waals surface area contributed by atoms with Gasteiger partial charge in [0.2, 0.25) is 0 Å². The topological polar surface area (TPSA) is 58.2 Å². The molecule has 0 bridgehead atoms. The second kappa shape index (κ2) is 7.68. The molecular weight excluding hydrogens is 320 g/mol. The molecule has 0 radical (unpaired) electrons. The summed E-state index contributed by atoms with van der Waals surface area (Å²) in [6.45, 7) is 0.00560. The molecule has 0 unspecified atom stereocenters. The van der Waals surface area contributed by atoms with Crippen molar-refractivity contribution in [2.75, 3.05) is 6.54 Å². The zero-order chi connectivity index (χ0) is 15.9. The average Bonchev–Trinajstić information content (AvgIpc) is 2.53. The summed E-state index contributed by atoms with van der Waals surface area (Å²) in [6.07, 6.45) is 0. The molecule has 2 aromatic carbocycles. The Morgan fingerprint density at radius 1 is 1.00 bits per heavy atom. The molecule has 0 aliphatic rings. The third-order valence-corrected chi connectivity index (χ3v) is 3.43. The number of nitrogens with one attached hydrogen (secondary N) is 2. The fraction of sp³-hybridized carbons (Fsp3) is 0.0625. The van der Waals surface area contributed by atoms with Gasteiger partial charge in [0.1, 0.15) is 0 Å². The minimum absolute atomic E-state index is 0.00560. The maximum atomic E-state index is 12.0. The molecule has 0 aromatic heterocycles. The van der Waals surface area contributed by atoms with Crippen molar-refractivity contribution in [3.8, 4) is 0 Å². The summed E-state index contributed by atoms with van der Waals surface area (Å²) in [5.41, 5.74) is 0.901. The van der Waals surface area contributed by atoms with Crippen LogP contribution in [0.3, 0.4) is 0 Å². The van der Waals surface area contributed by atoms with Crippen molar-refractivity contribution >= 4 is 40.6 Å². The molecular formula is C16H13ClN2O2S. The van der Waals surface area contributed by atoms with Crippen molar-refractivity contribution in [1.82, 2.24) is 10.6 Å². The first-order valence-electron chi connectivity index (χ1n) is 6.50. The SMILES string of the molecule is O=C(CNC(=S)NC(=O)c1ccccc1Cl)c1ccccc1. The van der Waals surface area contributed by atoms with Crippen LogP contribution in [0.15, 0.2) is 54.6 Å². The highest BCUT2D eigenvalue weighted by Gasteiger charge is 2.12. The number of amides is 1. The zero-order valence-electron chi connectivity index (χ0n) is 11.5. The van der Waals surface area contributed by atoms with Crippen molar-refractivity contribution in [3.05, 3.63) is 70.7 Å². The van der Waals surface area contributed by atoms with Gasteiger partial charge in [0.05, 0.1) is 17.1 Å². The van der Waals surface area contributed by atoms with E-state index in [1.165, 1.54) is 0 Å². The standard InChI is InChI=1S/C16H13ClN2O2S/c17-13-9-5-4-8-12(13)15(21)19-16(22)18-10-14(20)11-6-2-1-3-7-11/h1-9H,10H2,(H2,18,19,21,22). The van der Waals surface area contributed by atoms with Gasteiger partial charge in [-0.15, -0.1) is 0 Å².